The first-order valence-electron chi connectivity index (χ1n) is 11.8. The van der Waals surface area contributed by atoms with E-state index in [0.29, 0.717) is 59.5 Å². The van der Waals surface area contributed by atoms with Crippen LogP contribution in [0.5, 0.6) is 0 Å². The van der Waals surface area contributed by atoms with Crippen molar-refractivity contribution in [3.63, 3.8) is 0 Å². The van der Waals surface area contributed by atoms with Crippen molar-refractivity contribution >= 4 is 52.2 Å². The predicted octanol–water partition coefficient (Wildman–Crippen LogP) is 5.11. The fourth-order valence-corrected chi connectivity index (χ4v) is 5.74. The Kier molecular flexibility index (Phi) is 7.34. The topological polar surface area (TPSA) is 64.7 Å². The lowest BCUT2D eigenvalue weighted by Gasteiger charge is -2.36. The van der Waals surface area contributed by atoms with Gasteiger partial charge in [-0.1, -0.05) is 41.9 Å². The van der Waals surface area contributed by atoms with Gasteiger partial charge in [0, 0.05) is 43.2 Å². The van der Waals surface area contributed by atoms with Crippen LogP contribution in [0.3, 0.4) is 0 Å². The molecule has 2 heterocycles. The van der Waals surface area contributed by atoms with E-state index in [4.69, 9.17) is 11.6 Å². The van der Waals surface area contributed by atoms with Crippen molar-refractivity contribution in [2.24, 2.45) is 0 Å². The number of nitrogens with one attached hydrogen (secondary N) is 2. The molecular weight excluding hydrogens is 499 g/mol. The van der Waals surface area contributed by atoms with Crippen LogP contribution in [0.25, 0.3) is 0 Å². The number of thioether (sulfide) groups is 1. The Morgan fingerprint density at radius 2 is 1.75 bits per heavy atom. The van der Waals surface area contributed by atoms with E-state index in [9.17, 15) is 14.0 Å². The first-order valence-corrected chi connectivity index (χ1v) is 13.3. The highest BCUT2D eigenvalue weighted by Crippen LogP contribution is 2.31. The molecule has 0 aliphatic carbocycles. The van der Waals surface area contributed by atoms with Crippen LogP contribution in [0.4, 0.5) is 21.5 Å². The molecule has 186 valence electrons. The largest absolute Gasteiger partial charge is 0.371 e. The molecule has 2 amide bonds. The molecule has 1 saturated heterocycles. The van der Waals surface area contributed by atoms with Gasteiger partial charge in [0.1, 0.15) is 11.9 Å². The maximum Gasteiger partial charge on any atom is 0.254 e. The standard InChI is InChI=1S/C27H26ClFN4O2S/c28-20-6-2-4-8-25(20)32-11-13-33(14-12-32)27(35)18-9-10-22-23(15-18)31-26(34)24(30-22)17-36-16-19-5-1-3-7-21(19)29/h1-10,15,24,30H,11-14,16-17H2,(H,31,34)/t24-/m1/s1. The van der Waals surface area contributed by atoms with Crippen molar-refractivity contribution in [1.82, 2.24) is 4.90 Å². The van der Waals surface area contributed by atoms with Crippen molar-refractivity contribution < 1.29 is 14.0 Å². The van der Waals surface area contributed by atoms with Crippen molar-refractivity contribution in [1.29, 1.82) is 0 Å². The van der Waals surface area contributed by atoms with E-state index in [2.05, 4.69) is 15.5 Å². The number of carbonyl (C=O) groups excluding carboxylic acids is 2. The number of rotatable bonds is 6. The minimum atomic E-state index is -0.436. The Morgan fingerprint density at radius 3 is 2.53 bits per heavy atom. The highest BCUT2D eigenvalue weighted by atomic mass is 35.5. The van der Waals surface area contributed by atoms with Crippen molar-refractivity contribution in [3.05, 3.63) is 88.7 Å². The van der Waals surface area contributed by atoms with Crippen LogP contribution in [0.2, 0.25) is 5.02 Å². The van der Waals surface area contributed by atoms with E-state index < -0.39 is 6.04 Å². The molecule has 5 rings (SSSR count). The summed E-state index contributed by atoms with van der Waals surface area (Å²) in [6.07, 6.45) is 0. The van der Waals surface area contributed by atoms with E-state index in [-0.39, 0.29) is 17.6 Å². The average molecular weight is 525 g/mol. The van der Waals surface area contributed by atoms with Crippen LogP contribution >= 0.6 is 23.4 Å². The normalized spacial score (nSPS) is 17.3. The van der Waals surface area contributed by atoms with E-state index in [1.807, 2.05) is 35.2 Å². The van der Waals surface area contributed by atoms with Crippen LogP contribution < -0.4 is 15.5 Å². The van der Waals surface area contributed by atoms with Crippen LogP contribution in [0.1, 0.15) is 15.9 Å². The smallest absolute Gasteiger partial charge is 0.254 e. The quantitative estimate of drug-likeness (QED) is 0.469. The molecule has 9 heteroatoms. The maximum atomic E-state index is 13.8. The van der Waals surface area contributed by atoms with Gasteiger partial charge in [-0.15, -0.1) is 0 Å². The molecule has 0 unspecified atom stereocenters. The number of anilines is 3. The van der Waals surface area contributed by atoms with Crippen LogP contribution in [-0.4, -0.2) is 54.7 Å². The van der Waals surface area contributed by atoms with Crippen LogP contribution in [-0.2, 0) is 10.5 Å². The van der Waals surface area contributed by atoms with Gasteiger partial charge in [0.2, 0.25) is 5.91 Å². The molecule has 0 bridgehead atoms. The molecule has 1 fully saturated rings. The summed E-state index contributed by atoms with van der Waals surface area (Å²) < 4.78 is 13.8. The summed E-state index contributed by atoms with van der Waals surface area (Å²) >= 11 is 7.82. The third-order valence-electron chi connectivity index (χ3n) is 6.43. The van der Waals surface area contributed by atoms with E-state index >= 15 is 0 Å². The summed E-state index contributed by atoms with van der Waals surface area (Å²) in [7, 11) is 0. The number of hydrogen-bond acceptors (Lipinski definition) is 5. The molecule has 3 aromatic rings. The zero-order valence-electron chi connectivity index (χ0n) is 19.5. The van der Waals surface area contributed by atoms with E-state index in [1.165, 1.54) is 17.8 Å². The monoisotopic (exact) mass is 524 g/mol. The zero-order valence-corrected chi connectivity index (χ0v) is 21.1. The van der Waals surface area contributed by atoms with E-state index in [0.717, 1.165) is 11.4 Å². The Bertz CT molecular complexity index is 1280. The van der Waals surface area contributed by atoms with Crippen molar-refractivity contribution in [3.8, 4) is 0 Å². The Labute approximate surface area is 218 Å². The van der Waals surface area contributed by atoms with Gasteiger partial charge in [-0.25, -0.2) is 4.39 Å². The van der Waals surface area contributed by atoms with Gasteiger partial charge in [0.15, 0.2) is 0 Å². The number of halogens is 2. The lowest BCUT2D eigenvalue weighted by atomic mass is 10.1. The molecule has 3 aromatic carbocycles. The number of hydrogen-bond donors (Lipinski definition) is 2. The van der Waals surface area contributed by atoms with Gasteiger partial charge in [-0.3, -0.25) is 9.59 Å². The van der Waals surface area contributed by atoms with E-state index in [1.54, 1.807) is 30.3 Å². The van der Waals surface area contributed by atoms with Gasteiger partial charge < -0.3 is 20.4 Å². The number of nitrogens with zero attached hydrogens (tertiary/aromatic N) is 2. The van der Waals surface area contributed by atoms with Crippen LogP contribution in [0.15, 0.2) is 66.7 Å². The average Bonchev–Trinajstić information content (AvgIpc) is 2.90. The molecule has 2 aliphatic heterocycles. The number of para-hydroxylation sites is 1. The number of fused-ring (bicyclic) bond motifs is 1. The highest BCUT2D eigenvalue weighted by molar-refractivity contribution is 7.98. The molecule has 0 saturated carbocycles. The van der Waals surface area contributed by atoms with Gasteiger partial charge in [0.05, 0.1) is 22.1 Å². The van der Waals surface area contributed by atoms with Gasteiger partial charge in [-0.05, 0) is 42.0 Å². The minimum Gasteiger partial charge on any atom is -0.371 e. The second kappa shape index (κ2) is 10.8. The molecule has 0 radical (unpaired) electrons. The second-order valence-corrected chi connectivity index (χ2v) is 10.2. The lowest BCUT2D eigenvalue weighted by molar-refractivity contribution is -0.116. The molecule has 2 aliphatic rings. The summed E-state index contributed by atoms with van der Waals surface area (Å²) in [4.78, 5) is 29.9. The fourth-order valence-electron chi connectivity index (χ4n) is 4.44. The fraction of sp³-hybridized carbons (Fsp3) is 0.259. The van der Waals surface area contributed by atoms with Gasteiger partial charge >= 0.3 is 0 Å². The van der Waals surface area contributed by atoms with Crippen LogP contribution in [0, 0.1) is 5.82 Å². The number of carbonyl (C=O) groups is 2. The predicted molar refractivity (Wildman–Crippen MR) is 145 cm³/mol. The molecule has 36 heavy (non-hydrogen) atoms. The Balaban J connectivity index is 1.18. The number of piperazine rings is 1. The third kappa shape index (κ3) is 5.29. The highest BCUT2D eigenvalue weighted by Gasteiger charge is 2.28. The van der Waals surface area contributed by atoms with Crippen molar-refractivity contribution in [2.45, 2.75) is 11.8 Å². The van der Waals surface area contributed by atoms with Gasteiger partial charge in [0.25, 0.3) is 5.91 Å². The summed E-state index contributed by atoms with van der Waals surface area (Å²) in [5, 5.41) is 6.88. The minimum absolute atomic E-state index is 0.0616. The summed E-state index contributed by atoms with van der Waals surface area (Å²) in [6, 6.07) is 19.3. The molecule has 0 spiro atoms. The molecular formula is C27H26ClFN4O2S. The first kappa shape index (κ1) is 24.5. The Hall–Kier alpha value is -3.23. The maximum absolute atomic E-state index is 13.8. The zero-order chi connectivity index (χ0) is 25.1. The number of amides is 2. The molecule has 1 atom stereocenters. The SMILES string of the molecule is O=C1Nc2cc(C(=O)N3CCN(c4ccccc4Cl)CC3)ccc2N[C@@H]1CSCc1ccccc1F. The molecule has 0 aromatic heterocycles. The third-order valence-corrected chi connectivity index (χ3v) is 7.83. The summed E-state index contributed by atoms with van der Waals surface area (Å²) in [5.74, 6) is 0.520. The lowest BCUT2D eigenvalue weighted by Crippen LogP contribution is -2.49. The van der Waals surface area contributed by atoms with Gasteiger partial charge in [-0.2, -0.15) is 11.8 Å². The summed E-state index contributed by atoms with van der Waals surface area (Å²) in [5.41, 5.74) is 3.50. The van der Waals surface area contributed by atoms with Crippen molar-refractivity contribution in [2.75, 3.05) is 47.5 Å². The molecule has 2 N–H and O–H groups in total. The second-order valence-electron chi connectivity index (χ2n) is 8.78. The molecule has 6 nitrogen and oxygen atoms in total. The first-order chi connectivity index (χ1) is 17.5. The Morgan fingerprint density at radius 1 is 1.00 bits per heavy atom. The summed E-state index contributed by atoms with van der Waals surface area (Å²) in [6.45, 7) is 2.58. The number of benzene rings is 3.